The number of halogens is 1. The Bertz CT molecular complexity index is 1460. The summed E-state index contributed by atoms with van der Waals surface area (Å²) in [5, 5.41) is 3.46. The second kappa shape index (κ2) is 15.3. The number of hydrogen-bond acceptors (Lipinski definition) is 5. The number of rotatable bonds is 13. The van der Waals surface area contributed by atoms with E-state index in [2.05, 4.69) is 5.32 Å². The Morgan fingerprint density at radius 2 is 1.63 bits per heavy atom. The van der Waals surface area contributed by atoms with E-state index in [4.69, 9.17) is 16.3 Å². The van der Waals surface area contributed by atoms with Gasteiger partial charge in [0.15, 0.2) is 0 Å². The van der Waals surface area contributed by atoms with Gasteiger partial charge in [0.2, 0.25) is 11.8 Å². The van der Waals surface area contributed by atoms with Crippen molar-refractivity contribution in [2.45, 2.75) is 68.8 Å². The zero-order valence-corrected chi connectivity index (χ0v) is 26.3. The molecule has 1 aliphatic carbocycles. The fraction of sp³-hybridized carbons (Fsp3) is 0.394. The van der Waals surface area contributed by atoms with Crippen LogP contribution in [0, 0.1) is 0 Å². The molecular weight excluding hydrogens is 586 g/mol. The molecule has 1 saturated carbocycles. The summed E-state index contributed by atoms with van der Waals surface area (Å²) in [6.45, 7) is 1.56. The Labute approximate surface area is 260 Å². The van der Waals surface area contributed by atoms with E-state index >= 15 is 0 Å². The second-order valence-electron chi connectivity index (χ2n) is 10.7. The summed E-state index contributed by atoms with van der Waals surface area (Å²) in [5.74, 6) is -0.466. The Kier molecular flexibility index (Phi) is 11.5. The molecule has 0 radical (unpaired) electrons. The number of ether oxygens (including phenoxy) is 1. The smallest absolute Gasteiger partial charge is 0.264 e. The quantitative estimate of drug-likeness (QED) is 0.257. The number of anilines is 1. The van der Waals surface area contributed by atoms with Crippen LogP contribution < -0.4 is 14.4 Å². The zero-order chi connectivity index (χ0) is 30.8. The van der Waals surface area contributed by atoms with Crippen LogP contribution in [0.1, 0.15) is 51.0 Å². The maximum atomic E-state index is 14.3. The number of benzene rings is 3. The molecule has 0 unspecified atom stereocenters. The molecule has 3 aromatic carbocycles. The van der Waals surface area contributed by atoms with E-state index in [1.807, 2.05) is 37.3 Å². The SMILES string of the molecule is CC[C@@H](C(=O)NC1CCCCC1)N(CCc1ccccc1)C(=O)CN(c1cc(Cl)ccc1OC)S(=O)(=O)c1ccccc1. The molecule has 10 heteroatoms. The molecule has 0 saturated heterocycles. The predicted molar refractivity (Wildman–Crippen MR) is 170 cm³/mol. The Balaban J connectivity index is 1.71. The highest BCUT2D eigenvalue weighted by molar-refractivity contribution is 7.92. The van der Waals surface area contributed by atoms with Gasteiger partial charge in [-0.2, -0.15) is 0 Å². The summed E-state index contributed by atoms with van der Waals surface area (Å²) in [6.07, 6.45) is 5.99. The third-order valence-electron chi connectivity index (χ3n) is 7.84. The molecule has 8 nitrogen and oxygen atoms in total. The van der Waals surface area contributed by atoms with Crippen molar-refractivity contribution >= 4 is 39.1 Å². The van der Waals surface area contributed by atoms with Gasteiger partial charge in [-0.1, -0.05) is 86.3 Å². The van der Waals surface area contributed by atoms with Crippen LogP contribution in [-0.2, 0) is 26.0 Å². The molecule has 43 heavy (non-hydrogen) atoms. The van der Waals surface area contributed by atoms with E-state index in [1.165, 1.54) is 30.2 Å². The molecule has 0 aromatic heterocycles. The molecule has 2 amide bonds. The molecule has 1 aliphatic rings. The lowest BCUT2D eigenvalue weighted by molar-refractivity contribution is -0.140. The Hall–Kier alpha value is -3.56. The summed E-state index contributed by atoms with van der Waals surface area (Å²) in [7, 11) is -2.80. The zero-order valence-electron chi connectivity index (χ0n) is 24.7. The van der Waals surface area contributed by atoms with E-state index in [9.17, 15) is 18.0 Å². The molecule has 4 rings (SSSR count). The minimum absolute atomic E-state index is 0.0164. The van der Waals surface area contributed by atoms with Crippen LogP contribution in [0.15, 0.2) is 83.8 Å². The normalized spacial score (nSPS) is 14.5. The first-order chi connectivity index (χ1) is 20.7. The minimum atomic E-state index is -4.23. The van der Waals surface area contributed by atoms with Crippen LogP contribution >= 0.6 is 11.6 Å². The van der Waals surface area contributed by atoms with Crippen LogP contribution in [0.3, 0.4) is 0 Å². The molecule has 0 aliphatic heterocycles. The van der Waals surface area contributed by atoms with Crippen molar-refractivity contribution in [3.8, 4) is 5.75 Å². The van der Waals surface area contributed by atoms with Gasteiger partial charge < -0.3 is 15.0 Å². The number of nitrogens with one attached hydrogen (secondary N) is 1. The van der Waals surface area contributed by atoms with Crippen molar-refractivity contribution in [2.24, 2.45) is 0 Å². The highest BCUT2D eigenvalue weighted by Crippen LogP contribution is 2.35. The first-order valence-corrected chi connectivity index (χ1v) is 16.6. The highest BCUT2D eigenvalue weighted by atomic mass is 35.5. The number of amides is 2. The fourth-order valence-corrected chi connectivity index (χ4v) is 7.14. The second-order valence-corrected chi connectivity index (χ2v) is 13.0. The van der Waals surface area contributed by atoms with Gasteiger partial charge in [-0.25, -0.2) is 8.42 Å². The van der Waals surface area contributed by atoms with Gasteiger partial charge in [0.1, 0.15) is 18.3 Å². The van der Waals surface area contributed by atoms with Gasteiger partial charge in [0, 0.05) is 17.6 Å². The van der Waals surface area contributed by atoms with E-state index in [1.54, 1.807) is 30.3 Å². The van der Waals surface area contributed by atoms with Crippen molar-refractivity contribution in [1.82, 2.24) is 10.2 Å². The number of methoxy groups -OCH3 is 1. The molecule has 0 heterocycles. The lowest BCUT2D eigenvalue weighted by Crippen LogP contribution is -2.54. The van der Waals surface area contributed by atoms with E-state index in [0.717, 1.165) is 42.0 Å². The number of nitrogens with zero attached hydrogens (tertiary/aromatic N) is 2. The maximum absolute atomic E-state index is 14.3. The van der Waals surface area contributed by atoms with Crippen molar-refractivity contribution in [1.29, 1.82) is 0 Å². The number of carbonyl (C=O) groups is 2. The van der Waals surface area contributed by atoms with Crippen molar-refractivity contribution in [3.05, 3.63) is 89.4 Å². The largest absolute Gasteiger partial charge is 0.495 e. The first-order valence-electron chi connectivity index (χ1n) is 14.8. The van der Waals surface area contributed by atoms with Crippen LogP contribution in [-0.4, -0.2) is 57.4 Å². The van der Waals surface area contributed by atoms with Gasteiger partial charge in [-0.15, -0.1) is 0 Å². The monoisotopic (exact) mass is 625 g/mol. The molecule has 1 fully saturated rings. The van der Waals surface area contributed by atoms with Crippen LogP contribution in [0.25, 0.3) is 0 Å². The number of sulfonamides is 1. The Morgan fingerprint density at radius 3 is 2.26 bits per heavy atom. The lowest BCUT2D eigenvalue weighted by Gasteiger charge is -2.34. The van der Waals surface area contributed by atoms with Crippen LogP contribution in [0.2, 0.25) is 5.02 Å². The summed E-state index contributed by atoms with van der Waals surface area (Å²) < 4.78 is 34.6. The van der Waals surface area contributed by atoms with Gasteiger partial charge in [-0.3, -0.25) is 13.9 Å². The summed E-state index contributed by atoms with van der Waals surface area (Å²) in [4.78, 5) is 29.5. The number of hydrogen-bond donors (Lipinski definition) is 1. The lowest BCUT2D eigenvalue weighted by atomic mass is 9.95. The molecule has 0 spiro atoms. The van der Waals surface area contributed by atoms with Gasteiger partial charge in [0.25, 0.3) is 10.0 Å². The average molecular weight is 626 g/mol. The minimum Gasteiger partial charge on any atom is -0.495 e. The van der Waals surface area contributed by atoms with E-state index in [-0.39, 0.29) is 39.8 Å². The third-order valence-corrected chi connectivity index (χ3v) is 9.85. The molecule has 0 bridgehead atoms. The van der Waals surface area contributed by atoms with E-state index < -0.39 is 28.5 Å². The molecule has 1 N–H and O–H groups in total. The average Bonchev–Trinajstić information content (AvgIpc) is 3.03. The number of carbonyl (C=O) groups excluding carboxylic acids is 2. The predicted octanol–water partition coefficient (Wildman–Crippen LogP) is 5.84. The molecular formula is C33H40ClN3O5S. The molecule has 3 aromatic rings. The summed E-state index contributed by atoms with van der Waals surface area (Å²) in [6, 6.07) is 21.6. The standard InChI is InChI=1S/C33H40ClN3O5S/c1-3-29(33(39)35-27-15-9-5-10-16-27)36(22-21-25-13-7-4-8-14-25)32(38)24-37(30-23-26(34)19-20-31(30)42-2)43(40,41)28-17-11-6-12-18-28/h4,6-8,11-14,17-20,23,27,29H,3,5,9-10,15-16,21-22,24H2,1-2H3,(H,35,39)/t29-/m0/s1. The maximum Gasteiger partial charge on any atom is 0.264 e. The van der Waals surface area contributed by atoms with Crippen LogP contribution in [0.4, 0.5) is 5.69 Å². The van der Waals surface area contributed by atoms with Gasteiger partial charge >= 0.3 is 0 Å². The van der Waals surface area contributed by atoms with Crippen molar-refractivity contribution in [2.75, 3.05) is 24.5 Å². The Morgan fingerprint density at radius 1 is 0.977 bits per heavy atom. The summed E-state index contributed by atoms with van der Waals surface area (Å²) >= 11 is 6.31. The summed E-state index contributed by atoms with van der Waals surface area (Å²) in [5.41, 5.74) is 1.14. The van der Waals surface area contributed by atoms with Crippen molar-refractivity contribution < 1.29 is 22.7 Å². The van der Waals surface area contributed by atoms with Crippen molar-refractivity contribution in [3.63, 3.8) is 0 Å². The first kappa shape index (κ1) is 32.4. The topological polar surface area (TPSA) is 96.0 Å². The van der Waals surface area contributed by atoms with Gasteiger partial charge in [-0.05, 0) is 61.6 Å². The van der Waals surface area contributed by atoms with Gasteiger partial charge in [0.05, 0.1) is 17.7 Å². The highest BCUT2D eigenvalue weighted by Gasteiger charge is 2.35. The molecule has 1 atom stereocenters. The van der Waals surface area contributed by atoms with Crippen LogP contribution in [0.5, 0.6) is 5.75 Å². The van der Waals surface area contributed by atoms with E-state index in [0.29, 0.717) is 12.8 Å². The third kappa shape index (κ3) is 8.30. The molecule has 230 valence electrons. The fourth-order valence-electron chi connectivity index (χ4n) is 5.53.